The van der Waals surface area contributed by atoms with Gasteiger partial charge in [0.25, 0.3) is 0 Å². The van der Waals surface area contributed by atoms with Crippen molar-refractivity contribution < 1.29 is 20.1 Å². The van der Waals surface area contributed by atoms with E-state index in [4.69, 9.17) is 4.74 Å². The minimum atomic E-state index is -1.21. The number of ether oxygens (including phenoxy) is 1. The van der Waals surface area contributed by atoms with Crippen LogP contribution in [0.15, 0.2) is 12.5 Å². The topological polar surface area (TPSA) is 124 Å². The van der Waals surface area contributed by atoms with Gasteiger partial charge in [-0.1, -0.05) is 0 Å². The van der Waals surface area contributed by atoms with Gasteiger partial charge < -0.3 is 25.0 Å². The summed E-state index contributed by atoms with van der Waals surface area (Å²) >= 11 is 0. The molecule has 1 saturated heterocycles. The first-order valence-corrected chi connectivity index (χ1v) is 5.96. The molecule has 0 saturated carbocycles. The molecule has 1 unspecified atom stereocenters. The summed E-state index contributed by atoms with van der Waals surface area (Å²) < 4.78 is 5.30. The van der Waals surface area contributed by atoms with E-state index in [1.807, 2.05) is 0 Å². The van der Waals surface area contributed by atoms with Crippen LogP contribution in [-0.2, 0) is 11.2 Å². The van der Waals surface area contributed by atoms with Crippen LogP contribution in [0.4, 0.5) is 0 Å². The van der Waals surface area contributed by atoms with Crippen LogP contribution >= 0.6 is 0 Å². The van der Waals surface area contributed by atoms with Crippen molar-refractivity contribution in [3.05, 3.63) is 18.3 Å². The van der Waals surface area contributed by atoms with Crippen LogP contribution in [0.3, 0.4) is 0 Å². The number of nitrogens with one attached hydrogen (secondary N) is 1. The Kier molecular flexibility index (Phi) is 3.15. The highest BCUT2D eigenvalue weighted by Crippen LogP contribution is 2.18. The summed E-state index contributed by atoms with van der Waals surface area (Å²) in [6, 6.07) is 0. The molecular weight excluding hydrogens is 252 g/mol. The molecule has 1 aliphatic heterocycles. The van der Waals surface area contributed by atoms with E-state index in [-0.39, 0.29) is 13.0 Å². The monoisotopic (exact) mass is 266 g/mol. The van der Waals surface area contributed by atoms with E-state index in [2.05, 4.69) is 19.9 Å². The van der Waals surface area contributed by atoms with E-state index in [1.54, 1.807) is 6.20 Å². The lowest BCUT2D eigenvalue weighted by Gasteiger charge is -2.34. The number of nitrogens with zero attached hydrogens (tertiary/aromatic N) is 3. The van der Waals surface area contributed by atoms with Crippen LogP contribution in [0, 0.1) is 0 Å². The van der Waals surface area contributed by atoms with Crippen molar-refractivity contribution in [2.24, 2.45) is 0 Å². The van der Waals surface area contributed by atoms with Gasteiger partial charge >= 0.3 is 0 Å². The summed E-state index contributed by atoms with van der Waals surface area (Å²) in [5, 5.41) is 28.8. The van der Waals surface area contributed by atoms with E-state index in [0.717, 1.165) is 5.52 Å². The first kappa shape index (κ1) is 12.4. The highest BCUT2D eigenvalue weighted by Gasteiger charge is 2.37. The Bertz CT molecular complexity index is 575. The molecule has 0 radical (unpaired) electrons. The highest BCUT2D eigenvalue weighted by molar-refractivity contribution is 5.68. The van der Waals surface area contributed by atoms with Gasteiger partial charge in [-0.05, 0) is 0 Å². The van der Waals surface area contributed by atoms with Crippen LogP contribution in [0.1, 0.15) is 5.82 Å². The van der Waals surface area contributed by atoms with Crippen molar-refractivity contribution in [3.8, 4) is 0 Å². The van der Waals surface area contributed by atoms with Crippen molar-refractivity contribution in [2.45, 2.75) is 30.8 Å². The van der Waals surface area contributed by atoms with Crippen molar-refractivity contribution in [1.29, 1.82) is 0 Å². The third kappa shape index (κ3) is 2.30. The number of H-pyrrole nitrogens is 1. The third-order valence-corrected chi connectivity index (χ3v) is 3.22. The van der Waals surface area contributed by atoms with Gasteiger partial charge in [0.15, 0.2) is 5.65 Å². The van der Waals surface area contributed by atoms with Gasteiger partial charge in [-0.15, -0.1) is 0 Å². The molecule has 8 heteroatoms. The number of aromatic amines is 1. The quantitative estimate of drug-likeness (QED) is 0.514. The molecule has 19 heavy (non-hydrogen) atoms. The number of hydrogen-bond donors (Lipinski definition) is 4. The van der Waals surface area contributed by atoms with Crippen molar-refractivity contribution in [3.63, 3.8) is 0 Å². The SMILES string of the molecule is O[C@H]1[C@H](O)COC(Cc2ncc3[nH]cnc3n2)[C@@H]1O. The van der Waals surface area contributed by atoms with Crippen LogP contribution in [-0.4, -0.2) is 66.3 Å². The summed E-state index contributed by atoms with van der Waals surface area (Å²) in [4.78, 5) is 15.3. The first-order chi connectivity index (χ1) is 9.15. The maximum absolute atomic E-state index is 9.83. The number of imidazole rings is 1. The second-order valence-corrected chi connectivity index (χ2v) is 4.55. The second kappa shape index (κ2) is 4.82. The highest BCUT2D eigenvalue weighted by atomic mass is 16.5. The van der Waals surface area contributed by atoms with E-state index in [9.17, 15) is 15.3 Å². The number of aromatic nitrogens is 4. The molecule has 4 atom stereocenters. The predicted molar refractivity (Wildman–Crippen MR) is 63.1 cm³/mol. The minimum absolute atomic E-state index is 0.0203. The van der Waals surface area contributed by atoms with Crippen molar-refractivity contribution in [2.75, 3.05) is 6.61 Å². The molecule has 4 N–H and O–H groups in total. The van der Waals surface area contributed by atoms with Crippen LogP contribution in [0.5, 0.6) is 0 Å². The van der Waals surface area contributed by atoms with Crippen LogP contribution in [0.25, 0.3) is 11.2 Å². The fourth-order valence-corrected chi connectivity index (χ4v) is 2.10. The van der Waals surface area contributed by atoms with E-state index in [0.29, 0.717) is 11.5 Å². The molecule has 0 spiro atoms. The van der Waals surface area contributed by atoms with E-state index in [1.165, 1.54) is 6.33 Å². The average molecular weight is 266 g/mol. The third-order valence-electron chi connectivity index (χ3n) is 3.22. The normalized spacial score (nSPS) is 31.7. The Morgan fingerprint density at radius 1 is 1.26 bits per heavy atom. The van der Waals surface area contributed by atoms with Crippen LogP contribution < -0.4 is 0 Å². The lowest BCUT2D eigenvalue weighted by atomic mass is 9.98. The molecular formula is C11H14N4O4. The lowest BCUT2D eigenvalue weighted by molar-refractivity contribution is -0.186. The maximum atomic E-state index is 9.83. The molecule has 3 rings (SSSR count). The summed E-state index contributed by atoms with van der Waals surface area (Å²) in [6.07, 6.45) is -0.723. The molecule has 1 fully saturated rings. The summed E-state index contributed by atoms with van der Waals surface area (Å²) in [7, 11) is 0. The second-order valence-electron chi connectivity index (χ2n) is 4.55. The molecule has 2 aromatic rings. The van der Waals surface area contributed by atoms with Gasteiger partial charge in [0.2, 0.25) is 0 Å². The lowest BCUT2D eigenvalue weighted by Crippen LogP contribution is -2.53. The largest absolute Gasteiger partial charge is 0.388 e. The fraction of sp³-hybridized carbons (Fsp3) is 0.545. The van der Waals surface area contributed by atoms with E-state index < -0.39 is 24.4 Å². The molecule has 1 aliphatic rings. The zero-order valence-electron chi connectivity index (χ0n) is 9.97. The molecule has 0 amide bonds. The van der Waals surface area contributed by atoms with Crippen molar-refractivity contribution in [1.82, 2.24) is 19.9 Å². The predicted octanol–water partition coefficient (Wildman–Crippen LogP) is -1.62. The van der Waals surface area contributed by atoms with Gasteiger partial charge in [0, 0.05) is 6.42 Å². The van der Waals surface area contributed by atoms with Gasteiger partial charge in [0.05, 0.1) is 25.2 Å². The number of hydrogen-bond acceptors (Lipinski definition) is 7. The van der Waals surface area contributed by atoms with E-state index >= 15 is 0 Å². The zero-order chi connectivity index (χ0) is 13.4. The summed E-state index contributed by atoms with van der Waals surface area (Å²) in [5.41, 5.74) is 1.26. The minimum Gasteiger partial charge on any atom is -0.388 e. The summed E-state index contributed by atoms with van der Waals surface area (Å²) in [6.45, 7) is -0.0203. The standard InChI is InChI=1S/C11H14N4O4/c16-6-3-19-7(10(18)9(6)17)1-8-12-2-5-11(15-8)14-4-13-5/h2,4,6-7,9-10,16-18H,1,3H2,(H,12,13,14,15)/t6-,7?,9+,10+/m1/s1. The molecule has 8 nitrogen and oxygen atoms in total. The molecule has 102 valence electrons. The van der Waals surface area contributed by atoms with Crippen LogP contribution in [0.2, 0.25) is 0 Å². The maximum Gasteiger partial charge on any atom is 0.180 e. The molecule has 0 aromatic carbocycles. The number of rotatable bonds is 2. The smallest absolute Gasteiger partial charge is 0.180 e. The Morgan fingerprint density at radius 2 is 2.11 bits per heavy atom. The number of aliphatic hydroxyl groups is 3. The molecule has 2 aromatic heterocycles. The fourth-order valence-electron chi connectivity index (χ4n) is 2.10. The van der Waals surface area contributed by atoms with Gasteiger partial charge in [-0.3, -0.25) is 0 Å². The molecule has 3 heterocycles. The first-order valence-electron chi connectivity index (χ1n) is 5.96. The number of fused-ring (bicyclic) bond motifs is 1. The molecule has 0 aliphatic carbocycles. The van der Waals surface area contributed by atoms with Gasteiger partial charge in [-0.25, -0.2) is 15.0 Å². The Hall–Kier alpha value is -1.61. The Morgan fingerprint density at radius 3 is 2.95 bits per heavy atom. The summed E-state index contributed by atoms with van der Waals surface area (Å²) in [5.74, 6) is 0.465. The van der Waals surface area contributed by atoms with Gasteiger partial charge in [-0.2, -0.15) is 0 Å². The van der Waals surface area contributed by atoms with Gasteiger partial charge in [0.1, 0.15) is 29.7 Å². The Labute approximate surface area is 108 Å². The Balaban J connectivity index is 1.77. The zero-order valence-corrected chi connectivity index (χ0v) is 9.97. The van der Waals surface area contributed by atoms with Crippen molar-refractivity contribution >= 4 is 11.2 Å². The molecule has 0 bridgehead atoms. The average Bonchev–Trinajstić information content (AvgIpc) is 2.87. The number of aliphatic hydroxyl groups excluding tert-OH is 3.